The number of aryl methyl sites for hydroxylation is 1. The van der Waals surface area contributed by atoms with Crippen molar-refractivity contribution < 1.29 is 4.79 Å². The first kappa shape index (κ1) is 19.0. The zero-order valence-corrected chi connectivity index (χ0v) is 16.9. The smallest absolute Gasteiger partial charge is 0.173 e. The van der Waals surface area contributed by atoms with Gasteiger partial charge in [-0.15, -0.1) is 11.8 Å². The molecule has 0 fully saturated rings. The first-order valence-corrected chi connectivity index (χ1v) is 9.45. The van der Waals surface area contributed by atoms with E-state index >= 15 is 0 Å². The third-order valence-electron chi connectivity index (χ3n) is 3.22. The minimum absolute atomic E-state index is 0.0540. The summed E-state index contributed by atoms with van der Waals surface area (Å²) in [4.78, 5) is 19.7. The number of aliphatic imine (C=N–C) groups is 1. The van der Waals surface area contributed by atoms with E-state index in [1.807, 2.05) is 56.3 Å². The van der Waals surface area contributed by atoms with Crippen molar-refractivity contribution in [3.8, 4) is 0 Å². The molecule has 0 N–H and O–H groups in total. The van der Waals surface area contributed by atoms with Crippen LogP contribution in [0.4, 0.5) is 5.69 Å². The highest BCUT2D eigenvalue weighted by Crippen LogP contribution is 2.31. The van der Waals surface area contributed by atoms with Crippen molar-refractivity contribution in [1.82, 2.24) is 4.90 Å². The van der Waals surface area contributed by atoms with Crippen molar-refractivity contribution >= 4 is 57.1 Å². The SMILES string of the molecule is Cc1cc(/N=C\N(C)C)c(Cl)cc1C(=O)CSc1ccccc1Br. The maximum absolute atomic E-state index is 12.5. The Morgan fingerprint density at radius 2 is 2.04 bits per heavy atom. The van der Waals surface area contributed by atoms with E-state index < -0.39 is 0 Å². The molecule has 6 heteroatoms. The lowest BCUT2D eigenvalue weighted by Gasteiger charge is -2.09. The van der Waals surface area contributed by atoms with Crippen LogP contribution in [0.2, 0.25) is 5.02 Å². The van der Waals surface area contributed by atoms with Gasteiger partial charge in [-0.3, -0.25) is 4.79 Å². The van der Waals surface area contributed by atoms with E-state index in [1.165, 1.54) is 11.8 Å². The van der Waals surface area contributed by atoms with Crippen LogP contribution in [0.5, 0.6) is 0 Å². The molecule has 2 rings (SSSR count). The fourth-order valence-electron chi connectivity index (χ4n) is 2.03. The number of Topliss-reactive ketones (excluding diaryl/α,β-unsaturated/α-hetero) is 1. The van der Waals surface area contributed by atoms with Gasteiger partial charge in [0.25, 0.3) is 0 Å². The van der Waals surface area contributed by atoms with Gasteiger partial charge >= 0.3 is 0 Å². The van der Waals surface area contributed by atoms with E-state index in [0.717, 1.165) is 14.9 Å². The summed E-state index contributed by atoms with van der Waals surface area (Å²) in [6.07, 6.45) is 1.69. The monoisotopic (exact) mass is 424 g/mol. The Balaban J connectivity index is 2.15. The molecule has 0 aliphatic carbocycles. The van der Waals surface area contributed by atoms with Crippen LogP contribution in [0.15, 0.2) is 50.8 Å². The second kappa shape index (κ2) is 8.70. The highest BCUT2D eigenvalue weighted by molar-refractivity contribution is 9.10. The predicted octanol–water partition coefficient (Wildman–Crippen LogP) is 5.61. The van der Waals surface area contributed by atoms with E-state index in [1.54, 1.807) is 12.4 Å². The minimum Gasteiger partial charge on any atom is -0.369 e. The van der Waals surface area contributed by atoms with Gasteiger partial charge < -0.3 is 4.90 Å². The summed E-state index contributed by atoms with van der Waals surface area (Å²) in [6.45, 7) is 1.90. The van der Waals surface area contributed by atoms with Crippen molar-refractivity contribution in [2.24, 2.45) is 4.99 Å². The summed E-state index contributed by atoms with van der Waals surface area (Å²) in [5.41, 5.74) is 2.18. The molecule has 126 valence electrons. The topological polar surface area (TPSA) is 32.7 Å². The maximum Gasteiger partial charge on any atom is 0.173 e. The number of carbonyl (C=O) groups is 1. The molecule has 0 aliphatic rings. The Morgan fingerprint density at radius 1 is 1.33 bits per heavy atom. The lowest BCUT2D eigenvalue weighted by molar-refractivity contribution is 0.102. The normalized spacial score (nSPS) is 11.0. The van der Waals surface area contributed by atoms with Crippen LogP contribution in [0.25, 0.3) is 0 Å². The predicted molar refractivity (Wildman–Crippen MR) is 107 cm³/mol. The molecule has 0 amide bonds. The number of benzene rings is 2. The van der Waals surface area contributed by atoms with Gasteiger partial charge in [0.2, 0.25) is 0 Å². The first-order valence-electron chi connectivity index (χ1n) is 7.29. The van der Waals surface area contributed by atoms with Gasteiger partial charge in [0.1, 0.15) is 0 Å². The number of rotatable bonds is 6. The number of hydrogen-bond donors (Lipinski definition) is 0. The van der Waals surface area contributed by atoms with Gasteiger partial charge in [-0.25, -0.2) is 4.99 Å². The Kier molecular flexibility index (Phi) is 6.90. The summed E-state index contributed by atoms with van der Waals surface area (Å²) in [6, 6.07) is 11.4. The molecule has 0 saturated heterocycles. The molecule has 0 bridgehead atoms. The van der Waals surface area contributed by atoms with Gasteiger partial charge in [0, 0.05) is 29.0 Å². The Bertz CT molecular complexity index is 778. The quantitative estimate of drug-likeness (QED) is 0.261. The van der Waals surface area contributed by atoms with Crippen molar-refractivity contribution in [3.05, 3.63) is 57.0 Å². The lowest BCUT2D eigenvalue weighted by Crippen LogP contribution is -2.07. The molecule has 0 aromatic heterocycles. The highest BCUT2D eigenvalue weighted by Gasteiger charge is 2.13. The zero-order valence-electron chi connectivity index (χ0n) is 13.7. The van der Waals surface area contributed by atoms with Crippen molar-refractivity contribution in [2.45, 2.75) is 11.8 Å². The number of hydrogen-bond acceptors (Lipinski definition) is 3. The standard InChI is InChI=1S/C18H18BrClN2OS/c1-12-8-16(21-11-22(2)3)15(20)9-13(12)17(23)10-24-18-7-5-4-6-14(18)19/h4-9,11H,10H2,1-3H3/b21-11-. The summed E-state index contributed by atoms with van der Waals surface area (Å²) in [7, 11) is 3.78. The summed E-state index contributed by atoms with van der Waals surface area (Å²) in [5, 5.41) is 0.480. The molecule has 24 heavy (non-hydrogen) atoms. The number of ketones is 1. The average molecular weight is 426 g/mol. The van der Waals surface area contributed by atoms with Gasteiger partial charge in [0.15, 0.2) is 5.78 Å². The van der Waals surface area contributed by atoms with Crippen LogP contribution in [0.3, 0.4) is 0 Å². The molecule has 2 aromatic rings. The molecule has 0 unspecified atom stereocenters. The Morgan fingerprint density at radius 3 is 2.71 bits per heavy atom. The lowest BCUT2D eigenvalue weighted by atomic mass is 10.0. The van der Waals surface area contributed by atoms with Crippen LogP contribution in [-0.4, -0.2) is 36.9 Å². The van der Waals surface area contributed by atoms with E-state index in [-0.39, 0.29) is 5.78 Å². The van der Waals surface area contributed by atoms with Crippen LogP contribution in [0.1, 0.15) is 15.9 Å². The maximum atomic E-state index is 12.5. The largest absolute Gasteiger partial charge is 0.369 e. The Labute approximate surface area is 160 Å². The second-order valence-corrected chi connectivity index (χ2v) is 7.75. The van der Waals surface area contributed by atoms with Crippen molar-refractivity contribution in [1.29, 1.82) is 0 Å². The van der Waals surface area contributed by atoms with Crippen molar-refractivity contribution in [3.63, 3.8) is 0 Å². The van der Waals surface area contributed by atoms with Gasteiger partial charge in [-0.2, -0.15) is 0 Å². The molecule has 0 aliphatic heterocycles. The first-order chi connectivity index (χ1) is 11.4. The van der Waals surface area contributed by atoms with Crippen LogP contribution in [-0.2, 0) is 0 Å². The average Bonchev–Trinajstić information content (AvgIpc) is 2.54. The van der Waals surface area contributed by atoms with Gasteiger partial charge in [0.05, 0.1) is 22.8 Å². The highest BCUT2D eigenvalue weighted by atomic mass is 79.9. The molecule has 3 nitrogen and oxygen atoms in total. The van der Waals surface area contributed by atoms with Crippen LogP contribution < -0.4 is 0 Å². The number of carbonyl (C=O) groups excluding carboxylic acids is 1. The van der Waals surface area contributed by atoms with E-state index in [2.05, 4.69) is 20.9 Å². The number of halogens is 2. The third-order valence-corrected chi connectivity index (χ3v) is 5.55. The van der Waals surface area contributed by atoms with Crippen LogP contribution >= 0.6 is 39.3 Å². The molecule has 0 radical (unpaired) electrons. The number of nitrogens with zero attached hydrogens (tertiary/aromatic N) is 2. The second-order valence-electron chi connectivity index (χ2n) is 5.47. The molecule has 0 saturated carbocycles. The zero-order chi connectivity index (χ0) is 17.7. The molecular weight excluding hydrogens is 408 g/mol. The molecule has 0 spiro atoms. The van der Waals surface area contributed by atoms with Gasteiger partial charge in [-0.05, 0) is 52.7 Å². The summed E-state index contributed by atoms with van der Waals surface area (Å²) < 4.78 is 0.992. The molecule has 0 heterocycles. The minimum atomic E-state index is 0.0540. The van der Waals surface area contributed by atoms with E-state index in [0.29, 0.717) is 22.0 Å². The van der Waals surface area contributed by atoms with Crippen LogP contribution in [0, 0.1) is 6.92 Å². The third kappa shape index (κ3) is 5.10. The van der Waals surface area contributed by atoms with Crippen molar-refractivity contribution in [2.75, 3.05) is 19.8 Å². The molecular formula is C18H18BrClN2OS. The number of thioether (sulfide) groups is 1. The summed E-state index contributed by atoms with van der Waals surface area (Å²) in [5.74, 6) is 0.415. The molecule has 0 atom stereocenters. The van der Waals surface area contributed by atoms with E-state index in [4.69, 9.17) is 11.6 Å². The fourth-order valence-corrected chi connectivity index (χ4v) is 3.69. The fraction of sp³-hybridized carbons (Fsp3) is 0.222. The molecule has 2 aromatic carbocycles. The van der Waals surface area contributed by atoms with E-state index in [9.17, 15) is 4.79 Å². The summed E-state index contributed by atoms with van der Waals surface area (Å²) >= 11 is 11.3. The Hall–Kier alpha value is -1.30. The van der Waals surface area contributed by atoms with Gasteiger partial charge in [-0.1, -0.05) is 23.7 Å².